The van der Waals surface area contributed by atoms with Crippen molar-refractivity contribution in [2.45, 2.75) is 37.0 Å². The van der Waals surface area contributed by atoms with Crippen molar-refractivity contribution in [2.24, 2.45) is 0 Å². The van der Waals surface area contributed by atoms with Gasteiger partial charge in [-0.15, -0.1) is 0 Å². The molecule has 0 bridgehead atoms. The minimum absolute atomic E-state index is 0.176. The van der Waals surface area contributed by atoms with Crippen LogP contribution in [0.25, 0.3) is 6.08 Å². The highest BCUT2D eigenvalue weighted by atomic mass is 16.7. The van der Waals surface area contributed by atoms with Crippen molar-refractivity contribution in [3.8, 4) is 0 Å². The first-order chi connectivity index (χ1) is 10.1. The van der Waals surface area contributed by atoms with Gasteiger partial charge in [0.15, 0.2) is 12.6 Å². The van der Waals surface area contributed by atoms with Crippen LogP contribution in [0, 0.1) is 0 Å². The third kappa shape index (κ3) is 3.16. The van der Waals surface area contributed by atoms with Crippen molar-refractivity contribution in [2.75, 3.05) is 6.61 Å². The van der Waals surface area contributed by atoms with Crippen LogP contribution in [0.5, 0.6) is 0 Å². The van der Waals surface area contributed by atoms with Crippen LogP contribution in [0.2, 0.25) is 0 Å². The molecule has 6 heteroatoms. The van der Waals surface area contributed by atoms with Gasteiger partial charge >= 0.3 is 0 Å². The molecule has 0 saturated carbocycles. The fourth-order valence-corrected chi connectivity index (χ4v) is 2.46. The summed E-state index contributed by atoms with van der Waals surface area (Å²) in [5.74, 6) is 0. The van der Waals surface area contributed by atoms with E-state index in [1.165, 1.54) is 0 Å². The molecule has 21 heavy (non-hydrogen) atoms. The van der Waals surface area contributed by atoms with Gasteiger partial charge in [-0.3, -0.25) is 0 Å². The SMILES string of the molecule is OC1O[C@@H]2COC(/C=C/c3ccccc3)O[C@H]2[C@H](O)[C@H]1O. The number of benzene rings is 1. The van der Waals surface area contributed by atoms with Crippen LogP contribution < -0.4 is 0 Å². The number of rotatable bonds is 2. The zero-order valence-electron chi connectivity index (χ0n) is 11.3. The minimum Gasteiger partial charge on any atom is -0.387 e. The zero-order chi connectivity index (χ0) is 14.8. The summed E-state index contributed by atoms with van der Waals surface area (Å²) < 4.78 is 16.2. The predicted molar refractivity (Wildman–Crippen MR) is 73.0 cm³/mol. The Morgan fingerprint density at radius 1 is 1.00 bits per heavy atom. The molecular weight excluding hydrogens is 276 g/mol. The second-order valence-corrected chi connectivity index (χ2v) is 5.12. The zero-order valence-corrected chi connectivity index (χ0v) is 11.3. The topological polar surface area (TPSA) is 88.4 Å². The molecule has 2 aliphatic rings. The number of ether oxygens (including phenoxy) is 3. The molecule has 0 radical (unpaired) electrons. The van der Waals surface area contributed by atoms with E-state index in [-0.39, 0.29) is 6.61 Å². The van der Waals surface area contributed by atoms with E-state index >= 15 is 0 Å². The molecule has 3 N–H and O–H groups in total. The lowest BCUT2D eigenvalue weighted by molar-refractivity contribution is -0.343. The number of hydrogen-bond donors (Lipinski definition) is 3. The van der Waals surface area contributed by atoms with Gasteiger partial charge < -0.3 is 29.5 Å². The summed E-state index contributed by atoms with van der Waals surface area (Å²) in [6, 6.07) is 9.67. The van der Waals surface area contributed by atoms with Crippen LogP contribution in [0.3, 0.4) is 0 Å². The first-order valence-electron chi connectivity index (χ1n) is 6.85. The van der Waals surface area contributed by atoms with E-state index in [0.29, 0.717) is 0 Å². The maximum absolute atomic E-state index is 9.95. The number of aliphatic hydroxyl groups excluding tert-OH is 3. The Bertz CT molecular complexity index is 488. The standard InChI is InChI=1S/C15H18O6/c16-12-13(17)15(18)20-10-8-19-11(21-14(10)12)7-6-9-4-2-1-3-5-9/h1-7,10-18H,8H2/b7-6+/t10-,11?,12-,13-,14-,15?/m1/s1. The number of fused-ring (bicyclic) bond motifs is 1. The molecule has 114 valence electrons. The molecule has 2 heterocycles. The lowest BCUT2D eigenvalue weighted by atomic mass is 9.98. The second-order valence-electron chi connectivity index (χ2n) is 5.12. The number of aliphatic hydroxyl groups is 3. The molecule has 2 fully saturated rings. The molecule has 6 nitrogen and oxygen atoms in total. The maximum atomic E-state index is 9.95. The molecular formula is C15H18O6. The Morgan fingerprint density at radius 3 is 2.52 bits per heavy atom. The Morgan fingerprint density at radius 2 is 1.76 bits per heavy atom. The highest BCUT2D eigenvalue weighted by molar-refractivity contribution is 5.49. The van der Waals surface area contributed by atoms with E-state index in [4.69, 9.17) is 14.2 Å². The van der Waals surface area contributed by atoms with Gasteiger partial charge in [-0.1, -0.05) is 36.4 Å². The summed E-state index contributed by atoms with van der Waals surface area (Å²) in [4.78, 5) is 0. The molecule has 2 aliphatic heterocycles. The van der Waals surface area contributed by atoms with E-state index < -0.39 is 37.0 Å². The normalized spacial score (nSPS) is 40.1. The van der Waals surface area contributed by atoms with Crippen molar-refractivity contribution >= 4 is 6.08 Å². The van der Waals surface area contributed by atoms with Gasteiger partial charge in [0.05, 0.1) is 6.61 Å². The Kier molecular flexibility index (Phi) is 4.34. The summed E-state index contributed by atoms with van der Waals surface area (Å²) in [5.41, 5.74) is 1.00. The van der Waals surface area contributed by atoms with Gasteiger partial charge in [-0.05, 0) is 11.6 Å². The Hall–Kier alpha value is -1.28. The predicted octanol–water partition coefficient (Wildman–Crippen LogP) is -0.120. The Balaban J connectivity index is 1.65. The molecule has 1 aromatic carbocycles. The van der Waals surface area contributed by atoms with Gasteiger partial charge in [0, 0.05) is 0 Å². The molecule has 0 amide bonds. The van der Waals surface area contributed by atoms with Crippen molar-refractivity contribution in [3.05, 3.63) is 42.0 Å². The van der Waals surface area contributed by atoms with Gasteiger partial charge in [-0.2, -0.15) is 0 Å². The van der Waals surface area contributed by atoms with Crippen molar-refractivity contribution in [1.29, 1.82) is 0 Å². The van der Waals surface area contributed by atoms with E-state index in [1.54, 1.807) is 6.08 Å². The van der Waals surface area contributed by atoms with Crippen LogP contribution in [0.1, 0.15) is 5.56 Å². The fraction of sp³-hybridized carbons (Fsp3) is 0.467. The molecule has 6 atom stereocenters. The molecule has 2 unspecified atom stereocenters. The first kappa shape index (κ1) is 14.6. The van der Waals surface area contributed by atoms with Gasteiger partial charge in [0.2, 0.25) is 0 Å². The minimum atomic E-state index is -1.43. The third-order valence-electron chi connectivity index (χ3n) is 3.62. The Labute approximate surface area is 122 Å². The average Bonchev–Trinajstić information content (AvgIpc) is 2.52. The molecule has 2 saturated heterocycles. The fourth-order valence-electron chi connectivity index (χ4n) is 2.46. The summed E-state index contributed by atoms with van der Waals surface area (Å²) in [5, 5.41) is 29.0. The van der Waals surface area contributed by atoms with Crippen LogP contribution >= 0.6 is 0 Å². The lowest BCUT2D eigenvalue weighted by Crippen LogP contribution is -2.62. The largest absolute Gasteiger partial charge is 0.387 e. The van der Waals surface area contributed by atoms with Crippen LogP contribution in [-0.4, -0.2) is 58.9 Å². The van der Waals surface area contributed by atoms with Gasteiger partial charge in [0.1, 0.15) is 24.4 Å². The summed E-state index contributed by atoms with van der Waals surface area (Å²) >= 11 is 0. The molecule has 0 aromatic heterocycles. The maximum Gasteiger partial charge on any atom is 0.184 e. The highest BCUT2D eigenvalue weighted by Gasteiger charge is 2.47. The van der Waals surface area contributed by atoms with Gasteiger partial charge in [-0.25, -0.2) is 0 Å². The highest BCUT2D eigenvalue weighted by Crippen LogP contribution is 2.28. The smallest absolute Gasteiger partial charge is 0.184 e. The summed E-state index contributed by atoms with van der Waals surface area (Å²) in [6.45, 7) is 0.176. The number of hydrogen-bond acceptors (Lipinski definition) is 6. The van der Waals surface area contributed by atoms with Crippen LogP contribution in [0.4, 0.5) is 0 Å². The van der Waals surface area contributed by atoms with Crippen molar-refractivity contribution in [3.63, 3.8) is 0 Å². The molecule has 0 aliphatic carbocycles. The van der Waals surface area contributed by atoms with E-state index in [9.17, 15) is 15.3 Å². The molecule has 1 aromatic rings. The molecule has 0 spiro atoms. The van der Waals surface area contributed by atoms with Crippen LogP contribution in [0.15, 0.2) is 36.4 Å². The van der Waals surface area contributed by atoms with Crippen LogP contribution in [-0.2, 0) is 14.2 Å². The quantitative estimate of drug-likeness (QED) is 0.705. The summed E-state index contributed by atoms with van der Waals surface area (Å²) in [7, 11) is 0. The van der Waals surface area contributed by atoms with Crippen molar-refractivity contribution < 1.29 is 29.5 Å². The van der Waals surface area contributed by atoms with Gasteiger partial charge in [0.25, 0.3) is 0 Å². The first-order valence-corrected chi connectivity index (χ1v) is 6.85. The van der Waals surface area contributed by atoms with E-state index in [2.05, 4.69) is 0 Å². The van der Waals surface area contributed by atoms with E-state index in [1.807, 2.05) is 36.4 Å². The monoisotopic (exact) mass is 294 g/mol. The van der Waals surface area contributed by atoms with Crippen molar-refractivity contribution in [1.82, 2.24) is 0 Å². The summed E-state index contributed by atoms with van der Waals surface area (Å²) in [6.07, 6.45) is -2.40. The van der Waals surface area contributed by atoms with E-state index in [0.717, 1.165) is 5.56 Å². The second kappa shape index (κ2) is 6.23. The third-order valence-corrected chi connectivity index (χ3v) is 3.62. The lowest BCUT2D eigenvalue weighted by Gasteiger charge is -2.44. The average molecular weight is 294 g/mol. The molecule has 3 rings (SSSR count).